The Morgan fingerprint density at radius 3 is 2.78 bits per heavy atom. The van der Waals surface area contributed by atoms with E-state index in [1.807, 2.05) is 0 Å². The Morgan fingerprint density at radius 2 is 2.17 bits per heavy atom. The van der Waals surface area contributed by atoms with Crippen LogP contribution in [0.15, 0.2) is 18.2 Å². The number of anilines is 1. The van der Waals surface area contributed by atoms with Crippen molar-refractivity contribution in [3.8, 4) is 0 Å². The zero-order valence-electron chi connectivity index (χ0n) is 9.05. The van der Waals surface area contributed by atoms with Crippen LogP contribution in [-0.2, 0) is 9.53 Å². The van der Waals surface area contributed by atoms with Gasteiger partial charge in [-0.2, -0.15) is 8.78 Å². The Morgan fingerprint density at radius 1 is 1.44 bits per heavy atom. The molecule has 98 valence electrons. The van der Waals surface area contributed by atoms with E-state index in [-0.39, 0.29) is 6.54 Å². The number of benzene rings is 1. The summed E-state index contributed by atoms with van der Waals surface area (Å²) in [5.74, 6) is -4.88. The fourth-order valence-electron chi connectivity index (χ4n) is 1.63. The summed E-state index contributed by atoms with van der Waals surface area (Å²) in [4.78, 5) is 10.8. The third-order valence-electron chi connectivity index (χ3n) is 2.53. The van der Waals surface area contributed by atoms with Crippen molar-refractivity contribution in [1.29, 1.82) is 0 Å². The van der Waals surface area contributed by atoms with E-state index in [4.69, 9.17) is 23.2 Å². The summed E-state index contributed by atoms with van der Waals surface area (Å²) in [6.45, 7) is 0.0569. The predicted molar refractivity (Wildman–Crippen MR) is 64.4 cm³/mol. The number of hydrogen-bond acceptors (Lipinski definition) is 3. The highest BCUT2D eigenvalue weighted by Crippen LogP contribution is 2.32. The van der Waals surface area contributed by atoms with Crippen LogP contribution < -0.4 is 5.32 Å². The van der Waals surface area contributed by atoms with E-state index < -0.39 is 24.4 Å². The van der Waals surface area contributed by atoms with E-state index in [0.717, 1.165) is 0 Å². The monoisotopic (exact) mass is 295 g/mol. The maximum Gasteiger partial charge on any atom is 0.377 e. The second-order valence-corrected chi connectivity index (χ2v) is 4.70. The molecule has 1 aromatic carbocycles. The van der Waals surface area contributed by atoms with E-state index in [1.165, 1.54) is 0 Å². The summed E-state index contributed by atoms with van der Waals surface area (Å²) in [6, 6.07) is 4.94. The Bertz CT molecular complexity index is 482. The summed E-state index contributed by atoms with van der Waals surface area (Å²) in [7, 11) is 0. The van der Waals surface area contributed by atoms with Crippen molar-refractivity contribution in [1.82, 2.24) is 0 Å². The first-order valence-corrected chi connectivity index (χ1v) is 5.92. The average Bonchev–Trinajstić information content (AvgIpc) is 2.55. The van der Waals surface area contributed by atoms with Gasteiger partial charge in [-0.05, 0) is 12.1 Å². The molecule has 3 nitrogen and oxygen atoms in total. The number of halogens is 4. The van der Waals surface area contributed by atoms with Crippen LogP contribution in [0.1, 0.15) is 6.42 Å². The molecule has 7 heteroatoms. The Labute approximate surface area is 112 Å². The lowest BCUT2D eigenvalue weighted by molar-refractivity contribution is -0.158. The zero-order valence-corrected chi connectivity index (χ0v) is 10.6. The van der Waals surface area contributed by atoms with Gasteiger partial charge in [0.15, 0.2) is 0 Å². The fraction of sp³-hybridized carbons (Fsp3) is 0.364. The first-order valence-electron chi connectivity index (χ1n) is 5.17. The molecule has 2 rings (SSSR count). The lowest BCUT2D eigenvalue weighted by Crippen LogP contribution is -2.22. The second kappa shape index (κ2) is 4.90. The molecule has 1 aromatic rings. The van der Waals surface area contributed by atoms with Crippen molar-refractivity contribution >= 4 is 34.9 Å². The fourth-order valence-corrected chi connectivity index (χ4v) is 1.99. The van der Waals surface area contributed by atoms with Gasteiger partial charge in [0, 0.05) is 0 Å². The van der Waals surface area contributed by atoms with E-state index >= 15 is 0 Å². The molecule has 0 aromatic heterocycles. The van der Waals surface area contributed by atoms with Crippen LogP contribution in [0.2, 0.25) is 10.0 Å². The molecule has 0 radical (unpaired) electrons. The van der Waals surface area contributed by atoms with Gasteiger partial charge in [-0.3, -0.25) is 0 Å². The zero-order chi connectivity index (χ0) is 13.3. The third kappa shape index (κ3) is 2.67. The van der Waals surface area contributed by atoms with Gasteiger partial charge in [0.2, 0.25) is 0 Å². The van der Waals surface area contributed by atoms with Crippen LogP contribution in [0.4, 0.5) is 14.5 Å². The number of rotatable bonds is 3. The van der Waals surface area contributed by atoms with Crippen LogP contribution in [0.3, 0.4) is 0 Å². The molecule has 1 unspecified atom stereocenters. The van der Waals surface area contributed by atoms with Gasteiger partial charge in [0.1, 0.15) is 6.10 Å². The van der Waals surface area contributed by atoms with Crippen molar-refractivity contribution in [2.75, 3.05) is 11.9 Å². The second-order valence-electron chi connectivity index (χ2n) is 3.92. The molecule has 0 saturated carbocycles. The molecular formula is C11H9Cl2F2NO2. The van der Waals surface area contributed by atoms with Crippen LogP contribution in [0.25, 0.3) is 0 Å². The molecule has 1 heterocycles. The van der Waals surface area contributed by atoms with E-state index in [2.05, 4.69) is 10.1 Å². The molecule has 0 spiro atoms. The smallest absolute Gasteiger partial charge is 0.377 e. The number of esters is 1. The summed E-state index contributed by atoms with van der Waals surface area (Å²) >= 11 is 11.7. The van der Waals surface area contributed by atoms with Crippen molar-refractivity contribution in [2.24, 2.45) is 0 Å². The highest BCUT2D eigenvalue weighted by atomic mass is 35.5. The number of alkyl halides is 2. The van der Waals surface area contributed by atoms with Crippen LogP contribution in [0, 0.1) is 0 Å². The van der Waals surface area contributed by atoms with E-state index in [1.54, 1.807) is 18.2 Å². The van der Waals surface area contributed by atoms with Gasteiger partial charge in [-0.15, -0.1) is 0 Å². The van der Waals surface area contributed by atoms with Gasteiger partial charge in [0.25, 0.3) is 0 Å². The maximum absolute atomic E-state index is 12.9. The Hall–Kier alpha value is -1.07. The third-order valence-corrected chi connectivity index (χ3v) is 3.35. The SMILES string of the molecule is O=C1OC(CNc2cccc(Cl)c2Cl)CC1(F)F. The lowest BCUT2D eigenvalue weighted by atomic mass is 10.2. The first-order chi connectivity index (χ1) is 8.40. The van der Waals surface area contributed by atoms with Gasteiger partial charge >= 0.3 is 11.9 Å². The molecule has 1 N–H and O–H groups in total. The molecule has 1 aliphatic rings. The number of hydrogen-bond donors (Lipinski definition) is 1. The highest BCUT2D eigenvalue weighted by Gasteiger charge is 2.50. The topological polar surface area (TPSA) is 38.3 Å². The quantitative estimate of drug-likeness (QED) is 0.869. The Kier molecular flexibility index (Phi) is 3.64. The number of nitrogens with one attached hydrogen (secondary N) is 1. The van der Waals surface area contributed by atoms with E-state index in [0.29, 0.717) is 15.7 Å². The number of cyclic esters (lactones) is 1. The highest BCUT2D eigenvalue weighted by molar-refractivity contribution is 6.43. The first kappa shape index (κ1) is 13.4. The number of carbonyl (C=O) groups is 1. The van der Waals surface area contributed by atoms with Crippen LogP contribution in [-0.4, -0.2) is 24.5 Å². The summed E-state index contributed by atoms with van der Waals surface area (Å²) in [5, 5.41) is 3.49. The van der Waals surface area contributed by atoms with Crippen LogP contribution >= 0.6 is 23.2 Å². The summed E-state index contributed by atoms with van der Waals surface area (Å²) < 4.78 is 30.4. The minimum Gasteiger partial charge on any atom is -0.456 e. The normalized spacial score (nSPS) is 21.8. The molecule has 1 aliphatic heterocycles. The molecule has 0 amide bonds. The lowest BCUT2D eigenvalue weighted by Gasteiger charge is -2.12. The molecule has 0 aliphatic carbocycles. The minimum absolute atomic E-state index is 0.0569. The van der Waals surface area contributed by atoms with Gasteiger partial charge in [-0.1, -0.05) is 29.3 Å². The predicted octanol–water partition coefficient (Wildman–Crippen LogP) is 3.36. The van der Waals surface area contributed by atoms with Gasteiger partial charge in [0.05, 0.1) is 28.7 Å². The Balaban J connectivity index is 1.97. The largest absolute Gasteiger partial charge is 0.456 e. The van der Waals surface area contributed by atoms with Crippen molar-refractivity contribution < 1.29 is 18.3 Å². The summed E-state index contributed by atoms with van der Waals surface area (Å²) in [6.07, 6.45) is -1.50. The average molecular weight is 296 g/mol. The van der Waals surface area contributed by atoms with Crippen molar-refractivity contribution in [2.45, 2.75) is 18.4 Å². The molecule has 1 atom stereocenters. The number of ether oxygens (including phenoxy) is 1. The van der Waals surface area contributed by atoms with E-state index in [9.17, 15) is 13.6 Å². The summed E-state index contributed by atoms with van der Waals surface area (Å²) in [5.41, 5.74) is 0.510. The molecule has 18 heavy (non-hydrogen) atoms. The van der Waals surface area contributed by atoms with Crippen LogP contribution in [0.5, 0.6) is 0 Å². The maximum atomic E-state index is 12.9. The molecular weight excluding hydrogens is 287 g/mol. The molecule has 1 saturated heterocycles. The van der Waals surface area contributed by atoms with Gasteiger partial charge < -0.3 is 10.1 Å². The molecule has 1 fully saturated rings. The standard InChI is InChI=1S/C11H9Cl2F2NO2/c12-7-2-1-3-8(9(7)13)16-5-6-4-11(14,15)10(17)18-6/h1-3,6,16H,4-5H2. The number of carbonyl (C=O) groups excluding carboxylic acids is 1. The van der Waals surface area contributed by atoms with Crippen molar-refractivity contribution in [3.05, 3.63) is 28.2 Å². The van der Waals surface area contributed by atoms with Gasteiger partial charge in [-0.25, -0.2) is 4.79 Å². The van der Waals surface area contributed by atoms with Crippen molar-refractivity contribution in [3.63, 3.8) is 0 Å². The molecule has 0 bridgehead atoms. The minimum atomic E-state index is -3.40.